The quantitative estimate of drug-likeness (QED) is 0.207. The molecule has 38 heavy (non-hydrogen) atoms. The van der Waals surface area contributed by atoms with Gasteiger partial charge in [0.1, 0.15) is 12.7 Å². The molecule has 6 rings (SSSR count). The Morgan fingerprint density at radius 2 is 1.79 bits per heavy atom. The maximum Gasteiger partial charge on any atom is 0.331 e. The molecule has 6 aliphatic rings. The Hall–Kier alpha value is -1.07. The van der Waals surface area contributed by atoms with Crippen LogP contribution in [0.15, 0.2) is 11.6 Å². The summed E-state index contributed by atoms with van der Waals surface area (Å²) in [4.78, 5) is 11.8. The van der Waals surface area contributed by atoms with Crippen LogP contribution in [0.25, 0.3) is 0 Å². The van der Waals surface area contributed by atoms with Gasteiger partial charge in [0.2, 0.25) is 0 Å². The van der Waals surface area contributed by atoms with E-state index in [-0.39, 0.29) is 34.7 Å². The molecule has 2 heterocycles. The van der Waals surface area contributed by atoms with Gasteiger partial charge in [0, 0.05) is 11.5 Å². The van der Waals surface area contributed by atoms with E-state index in [1.807, 2.05) is 0 Å². The lowest BCUT2D eigenvalue weighted by molar-refractivity contribution is -0.448. The highest BCUT2D eigenvalue weighted by atomic mass is 16.8. The third kappa shape index (κ3) is 3.72. The molecule has 0 bridgehead atoms. The SMILES string of the molecule is C[C@H]1O[C@@](O)(O[C@H]2CC[C@@]3(C)C(CCC4C3CC[C@]3(C)[C@@H](C5=CC(=O)OC5)CC[C@]43O)C2)[C@H](O)[C@@H](O)[C@H]1N. The second-order valence-corrected chi connectivity index (χ2v) is 13.8. The zero-order valence-corrected chi connectivity index (χ0v) is 22.8. The van der Waals surface area contributed by atoms with Crippen LogP contribution in [-0.4, -0.2) is 75.0 Å². The number of hydrogen-bond acceptors (Lipinski definition) is 9. The number of carbonyl (C=O) groups excluding carboxylic acids is 1. The van der Waals surface area contributed by atoms with E-state index < -0.39 is 35.9 Å². The minimum Gasteiger partial charge on any atom is -0.458 e. The van der Waals surface area contributed by atoms with Crippen molar-refractivity contribution in [2.75, 3.05) is 6.61 Å². The number of rotatable bonds is 3. The molecular formula is C29H45NO8. The van der Waals surface area contributed by atoms with E-state index in [0.29, 0.717) is 24.9 Å². The Morgan fingerprint density at radius 1 is 1.03 bits per heavy atom. The molecule has 9 heteroatoms. The number of esters is 1. The van der Waals surface area contributed by atoms with Gasteiger partial charge in [0.05, 0.1) is 23.9 Å². The molecule has 0 aromatic carbocycles. The van der Waals surface area contributed by atoms with Crippen LogP contribution >= 0.6 is 0 Å². The van der Waals surface area contributed by atoms with Gasteiger partial charge in [0.25, 0.3) is 0 Å². The van der Waals surface area contributed by atoms with Gasteiger partial charge >= 0.3 is 11.9 Å². The average molecular weight is 536 g/mol. The highest BCUT2D eigenvalue weighted by Gasteiger charge is 2.68. The van der Waals surface area contributed by atoms with Gasteiger partial charge in [-0.1, -0.05) is 13.8 Å². The highest BCUT2D eigenvalue weighted by molar-refractivity contribution is 5.85. The number of hydrogen-bond donors (Lipinski definition) is 5. The van der Waals surface area contributed by atoms with Crippen LogP contribution in [0.1, 0.15) is 78.6 Å². The number of aliphatic hydroxyl groups excluding tert-OH is 2. The van der Waals surface area contributed by atoms with Gasteiger partial charge in [-0.2, -0.15) is 0 Å². The van der Waals surface area contributed by atoms with E-state index in [1.165, 1.54) is 0 Å². The summed E-state index contributed by atoms with van der Waals surface area (Å²) in [6.45, 7) is 6.62. The van der Waals surface area contributed by atoms with Crippen LogP contribution in [0.4, 0.5) is 0 Å². The summed E-state index contributed by atoms with van der Waals surface area (Å²) in [7, 11) is 0. The molecule has 0 radical (unpaired) electrons. The van der Waals surface area contributed by atoms with Crippen molar-refractivity contribution in [3.63, 3.8) is 0 Å². The molecule has 214 valence electrons. The third-order valence-electron chi connectivity index (χ3n) is 12.3. The van der Waals surface area contributed by atoms with E-state index in [1.54, 1.807) is 13.0 Å². The zero-order chi connectivity index (χ0) is 27.3. The van der Waals surface area contributed by atoms with Gasteiger partial charge in [-0.05, 0) is 99.4 Å². The molecule has 0 aromatic rings. The van der Waals surface area contributed by atoms with Crippen molar-refractivity contribution in [3.05, 3.63) is 11.6 Å². The Labute approximate surface area is 224 Å². The average Bonchev–Trinajstić information content (AvgIpc) is 3.41. The van der Waals surface area contributed by atoms with E-state index in [4.69, 9.17) is 19.9 Å². The summed E-state index contributed by atoms with van der Waals surface area (Å²) in [6, 6.07) is -0.810. The lowest BCUT2D eigenvalue weighted by atomic mass is 9.43. The Balaban J connectivity index is 1.18. The molecule has 4 aliphatic carbocycles. The smallest absolute Gasteiger partial charge is 0.331 e. The van der Waals surface area contributed by atoms with Crippen molar-refractivity contribution in [3.8, 4) is 0 Å². The number of aliphatic hydroxyl groups is 4. The van der Waals surface area contributed by atoms with Crippen LogP contribution in [0.3, 0.4) is 0 Å². The van der Waals surface area contributed by atoms with Crippen LogP contribution in [-0.2, 0) is 19.0 Å². The maximum atomic E-state index is 12.4. The molecule has 4 saturated carbocycles. The fourth-order valence-electron chi connectivity index (χ4n) is 9.93. The number of nitrogens with two attached hydrogens (primary N) is 1. The molecule has 2 aliphatic heterocycles. The first-order valence-electron chi connectivity index (χ1n) is 14.6. The molecular weight excluding hydrogens is 490 g/mol. The van der Waals surface area contributed by atoms with Crippen LogP contribution < -0.4 is 5.73 Å². The number of ether oxygens (including phenoxy) is 3. The first-order valence-corrected chi connectivity index (χ1v) is 14.6. The molecule has 0 amide bonds. The number of fused-ring (bicyclic) bond motifs is 5. The van der Waals surface area contributed by atoms with Crippen molar-refractivity contribution in [1.29, 1.82) is 0 Å². The summed E-state index contributed by atoms with van der Waals surface area (Å²) in [5.41, 5.74) is 5.98. The predicted molar refractivity (Wildman–Crippen MR) is 136 cm³/mol. The van der Waals surface area contributed by atoms with Gasteiger partial charge in [-0.25, -0.2) is 4.79 Å². The normalized spacial score (nSPS) is 56.5. The van der Waals surface area contributed by atoms with Gasteiger partial charge < -0.3 is 40.4 Å². The lowest BCUT2D eigenvalue weighted by Crippen LogP contribution is -2.68. The third-order valence-corrected chi connectivity index (χ3v) is 12.3. The van der Waals surface area contributed by atoms with Crippen LogP contribution in [0.2, 0.25) is 0 Å². The predicted octanol–water partition coefficient (Wildman–Crippen LogP) is 1.74. The van der Waals surface area contributed by atoms with Gasteiger partial charge in [0.15, 0.2) is 6.10 Å². The first-order chi connectivity index (χ1) is 17.8. The highest BCUT2D eigenvalue weighted by Crippen LogP contribution is 2.70. The Morgan fingerprint density at radius 3 is 2.50 bits per heavy atom. The topological polar surface area (TPSA) is 152 Å². The molecule has 0 aromatic heterocycles. The molecule has 1 saturated heterocycles. The first kappa shape index (κ1) is 27.1. The molecule has 3 unspecified atom stereocenters. The summed E-state index contributed by atoms with van der Waals surface area (Å²) < 4.78 is 16.8. The van der Waals surface area contributed by atoms with Crippen molar-refractivity contribution in [2.24, 2.45) is 40.2 Å². The molecule has 5 fully saturated rings. The van der Waals surface area contributed by atoms with Crippen molar-refractivity contribution >= 4 is 5.97 Å². The fourth-order valence-corrected chi connectivity index (χ4v) is 9.93. The van der Waals surface area contributed by atoms with E-state index in [2.05, 4.69) is 13.8 Å². The lowest BCUT2D eigenvalue weighted by Gasteiger charge is -2.64. The Kier molecular flexibility index (Phi) is 6.40. The minimum absolute atomic E-state index is 0.0491. The van der Waals surface area contributed by atoms with Gasteiger partial charge in [-0.15, -0.1) is 0 Å². The number of carbonyl (C=O) groups is 1. The second kappa shape index (κ2) is 8.96. The minimum atomic E-state index is -2.29. The van der Waals surface area contributed by atoms with Crippen LogP contribution in [0.5, 0.6) is 0 Å². The van der Waals surface area contributed by atoms with Crippen molar-refractivity contribution < 1.29 is 39.4 Å². The standard InChI is InChI=1S/C29H45NO8/c1-15-23(30)24(32)25(33)29(35,37-15)38-18-6-9-26(2)17(13-18)4-5-21-20(26)7-10-27(3)19(8-11-28(21,27)34)16-12-22(31)36-14-16/h12,15,17-21,23-25,32-35H,4-11,13-14,30H2,1-3H3/t15-,17?,18+,19-,20?,21?,23+,24+,25-,26+,27-,28+,29-/m1/s1. The van der Waals surface area contributed by atoms with E-state index in [0.717, 1.165) is 56.9 Å². The van der Waals surface area contributed by atoms with Gasteiger partial charge in [-0.3, -0.25) is 0 Å². The Bertz CT molecular complexity index is 1010. The second-order valence-electron chi connectivity index (χ2n) is 13.8. The van der Waals surface area contributed by atoms with Crippen LogP contribution in [0, 0.1) is 34.5 Å². The van der Waals surface area contributed by atoms with Crippen molar-refractivity contribution in [2.45, 2.75) is 121 Å². The summed E-state index contributed by atoms with van der Waals surface area (Å²) in [5, 5.41) is 44.2. The van der Waals surface area contributed by atoms with Crippen molar-refractivity contribution in [1.82, 2.24) is 0 Å². The molecule has 6 N–H and O–H groups in total. The largest absolute Gasteiger partial charge is 0.458 e. The zero-order valence-electron chi connectivity index (χ0n) is 22.8. The summed E-state index contributed by atoms with van der Waals surface area (Å²) >= 11 is 0. The number of cyclic esters (lactones) is 1. The summed E-state index contributed by atoms with van der Waals surface area (Å²) in [5.74, 6) is -1.39. The molecule has 13 atom stereocenters. The van der Waals surface area contributed by atoms with E-state index >= 15 is 0 Å². The monoisotopic (exact) mass is 535 g/mol. The molecule has 9 nitrogen and oxygen atoms in total. The molecule has 0 spiro atoms. The van der Waals surface area contributed by atoms with E-state index in [9.17, 15) is 25.2 Å². The summed E-state index contributed by atoms with van der Waals surface area (Å²) in [6.07, 6.45) is 5.58. The maximum absolute atomic E-state index is 12.4. The fraction of sp³-hybridized carbons (Fsp3) is 0.897.